The Morgan fingerprint density at radius 1 is 1.53 bits per heavy atom. The number of rotatable bonds is 1. The standard InChI is InChI=1S/C10H12F2N2O/c1-10(15)2-3-14(6-10)9-8(12)4-7(11)5-13-9/h4-5,15H,2-3,6H2,1H3. The van der Waals surface area contributed by atoms with E-state index in [0.717, 1.165) is 12.3 Å². The van der Waals surface area contributed by atoms with Crippen LogP contribution >= 0.6 is 0 Å². The zero-order valence-corrected chi connectivity index (χ0v) is 8.37. The minimum Gasteiger partial charge on any atom is -0.388 e. The lowest BCUT2D eigenvalue weighted by atomic mass is 10.1. The van der Waals surface area contributed by atoms with E-state index in [4.69, 9.17) is 0 Å². The normalized spacial score (nSPS) is 26.0. The van der Waals surface area contributed by atoms with E-state index < -0.39 is 17.2 Å². The average Bonchev–Trinajstić information content (AvgIpc) is 2.46. The van der Waals surface area contributed by atoms with Gasteiger partial charge in [0.1, 0.15) is 5.82 Å². The topological polar surface area (TPSA) is 36.4 Å². The summed E-state index contributed by atoms with van der Waals surface area (Å²) < 4.78 is 25.9. The van der Waals surface area contributed by atoms with Crippen LogP contribution in [0.4, 0.5) is 14.6 Å². The molecule has 1 aromatic heterocycles. The molecule has 1 fully saturated rings. The van der Waals surface area contributed by atoms with Crippen molar-refractivity contribution in [3.8, 4) is 0 Å². The van der Waals surface area contributed by atoms with Crippen molar-refractivity contribution in [2.24, 2.45) is 0 Å². The van der Waals surface area contributed by atoms with Crippen molar-refractivity contribution >= 4 is 5.82 Å². The minimum absolute atomic E-state index is 0.106. The Morgan fingerprint density at radius 2 is 2.27 bits per heavy atom. The summed E-state index contributed by atoms with van der Waals surface area (Å²) in [5.74, 6) is -1.27. The molecule has 82 valence electrons. The zero-order chi connectivity index (χ0) is 11.1. The van der Waals surface area contributed by atoms with Crippen molar-refractivity contribution in [2.75, 3.05) is 18.0 Å². The molecule has 1 N–H and O–H groups in total. The summed E-state index contributed by atoms with van der Waals surface area (Å²) in [5, 5.41) is 9.71. The second-order valence-corrected chi connectivity index (χ2v) is 4.13. The lowest BCUT2D eigenvalue weighted by molar-refractivity contribution is 0.0838. The highest BCUT2D eigenvalue weighted by Gasteiger charge is 2.33. The molecule has 0 aliphatic carbocycles. The molecule has 1 unspecified atom stereocenters. The highest BCUT2D eigenvalue weighted by molar-refractivity contribution is 5.41. The van der Waals surface area contributed by atoms with Crippen molar-refractivity contribution in [3.63, 3.8) is 0 Å². The Hall–Kier alpha value is -1.23. The molecule has 0 amide bonds. The fraction of sp³-hybridized carbons (Fsp3) is 0.500. The van der Waals surface area contributed by atoms with Gasteiger partial charge in [0.15, 0.2) is 11.6 Å². The van der Waals surface area contributed by atoms with E-state index in [2.05, 4.69) is 4.98 Å². The molecule has 15 heavy (non-hydrogen) atoms. The quantitative estimate of drug-likeness (QED) is 0.766. The predicted octanol–water partition coefficient (Wildman–Crippen LogP) is 1.32. The molecule has 0 radical (unpaired) electrons. The first-order valence-electron chi connectivity index (χ1n) is 4.76. The number of hydrogen-bond donors (Lipinski definition) is 1. The molecule has 2 rings (SSSR count). The maximum absolute atomic E-state index is 13.3. The molecule has 1 aliphatic rings. The Kier molecular flexibility index (Phi) is 2.34. The van der Waals surface area contributed by atoms with Crippen molar-refractivity contribution in [3.05, 3.63) is 23.9 Å². The lowest BCUT2D eigenvalue weighted by Gasteiger charge is -2.19. The van der Waals surface area contributed by atoms with Gasteiger partial charge < -0.3 is 10.0 Å². The van der Waals surface area contributed by atoms with E-state index in [0.29, 0.717) is 19.5 Å². The monoisotopic (exact) mass is 214 g/mol. The molecule has 0 saturated carbocycles. The van der Waals surface area contributed by atoms with Crippen LogP contribution in [0.2, 0.25) is 0 Å². The van der Waals surface area contributed by atoms with Gasteiger partial charge in [-0.05, 0) is 13.3 Å². The lowest BCUT2D eigenvalue weighted by Crippen LogP contribution is -2.30. The van der Waals surface area contributed by atoms with Gasteiger partial charge in [0.2, 0.25) is 0 Å². The fourth-order valence-corrected chi connectivity index (χ4v) is 1.77. The van der Waals surface area contributed by atoms with Crippen molar-refractivity contribution in [1.82, 2.24) is 4.98 Å². The Balaban J connectivity index is 2.24. The second-order valence-electron chi connectivity index (χ2n) is 4.13. The third-order valence-electron chi connectivity index (χ3n) is 2.54. The number of β-amino-alcohol motifs (C(OH)–C–C–N with tert-alkyl or cyclic N) is 1. The smallest absolute Gasteiger partial charge is 0.168 e. The molecule has 5 heteroatoms. The van der Waals surface area contributed by atoms with Gasteiger partial charge in [0.25, 0.3) is 0 Å². The van der Waals surface area contributed by atoms with Crippen LogP contribution < -0.4 is 4.90 Å². The van der Waals surface area contributed by atoms with Gasteiger partial charge in [-0.25, -0.2) is 13.8 Å². The SMILES string of the molecule is CC1(O)CCN(c2ncc(F)cc2F)C1. The number of pyridine rings is 1. The van der Waals surface area contributed by atoms with Crippen LogP contribution in [-0.4, -0.2) is 28.8 Å². The van der Waals surface area contributed by atoms with Crippen LogP contribution in [0, 0.1) is 11.6 Å². The van der Waals surface area contributed by atoms with Crippen LogP contribution in [0.1, 0.15) is 13.3 Å². The summed E-state index contributed by atoms with van der Waals surface area (Å²) >= 11 is 0. The Labute approximate surface area is 86.4 Å². The van der Waals surface area contributed by atoms with Crippen LogP contribution in [-0.2, 0) is 0 Å². The molecule has 1 aromatic rings. The molecule has 1 aliphatic heterocycles. The summed E-state index contributed by atoms with van der Waals surface area (Å²) in [6, 6.07) is 0.801. The summed E-state index contributed by atoms with van der Waals surface area (Å²) in [5.41, 5.74) is -0.817. The Morgan fingerprint density at radius 3 is 2.80 bits per heavy atom. The van der Waals surface area contributed by atoms with Crippen molar-refractivity contribution < 1.29 is 13.9 Å². The molecule has 1 atom stereocenters. The first-order valence-corrected chi connectivity index (χ1v) is 4.76. The molecular weight excluding hydrogens is 202 g/mol. The number of anilines is 1. The number of aliphatic hydroxyl groups is 1. The van der Waals surface area contributed by atoms with Gasteiger partial charge in [-0.2, -0.15) is 0 Å². The predicted molar refractivity (Wildman–Crippen MR) is 51.6 cm³/mol. The van der Waals surface area contributed by atoms with Crippen LogP contribution in [0.5, 0.6) is 0 Å². The van der Waals surface area contributed by atoms with Crippen LogP contribution in [0.3, 0.4) is 0 Å². The summed E-state index contributed by atoms with van der Waals surface area (Å²) in [6.45, 7) is 2.54. The Bertz CT molecular complexity index is 382. The van der Waals surface area contributed by atoms with E-state index in [9.17, 15) is 13.9 Å². The van der Waals surface area contributed by atoms with E-state index in [-0.39, 0.29) is 5.82 Å². The molecule has 1 saturated heterocycles. The van der Waals surface area contributed by atoms with Gasteiger partial charge in [-0.1, -0.05) is 0 Å². The molecule has 2 heterocycles. The van der Waals surface area contributed by atoms with Gasteiger partial charge in [-0.3, -0.25) is 0 Å². The summed E-state index contributed by atoms with van der Waals surface area (Å²) in [6.07, 6.45) is 1.54. The maximum Gasteiger partial charge on any atom is 0.168 e. The number of hydrogen-bond acceptors (Lipinski definition) is 3. The van der Waals surface area contributed by atoms with Gasteiger partial charge in [0.05, 0.1) is 11.8 Å². The van der Waals surface area contributed by atoms with E-state index in [1.165, 1.54) is 0 Å². The second kappa shape index (κ2) is 3.41. The van der Waals surface area contributed by atoms with Gasteiger partial charge >= 0.3 is 0 Å². The van der Waals surface area contributed by atoms with E-state index in [1.807, 2.05) is 0 Å². The third kappa shape index (κ3) is 2.07. The highest BCUT2D eigenvalue weighted by atomic mass is 19.1. The number of aromatic nitrogens is 1. The molecule has 0 bridgehead atoms. The molecule has 0 spiro atoms. The summed E-state index contributed by atoms with van der Waals surface area (Å²) in [7, 11) is 0. The largest absolute Gasteiger partial charge is 0.388 e. The van der Waals surface area contributed by atoms with E-state index >= 15 is 0 Å². The van der Waals surface area contributed by atoms with E-state index in [1.54, 1.807) is 11.8 Å². The summed E-state index contributed by atoms with van der Waals surface area (Å²) in [4.78, 5) is 5.31. The first kappa shape index (κ1) is 10.3. The van der Waals surface area contributed by atoms with Crippen LogP contribution in [0.25, 0.3) is 0 Å². The van der Waals surface area contributed by atoms with Gasteiger partial charge in [-0.15, -0.1) is 0 Å². The number of halogens is 2. The first-order chi connectivity index (χ1) is 6.98. The van der Waals surface area contributed by atoms with Gasteiger partial charge in [0, 0.05) is 19.2 Å². The highest BCUT2D eigenvalue weighted by Crippen LogP contribution is 2.26. The molecule has 0 aromatic carbocycles. The van der Waals surface area contributed by atoms with Crippen molar-refractivity contribution in [2.45, 2.75) is 18.9 Å². The fourth-order valence-electron chi connectivity index (χ4n) is 1.77. The number of nitrogens with zero attached hydrogens (tertiary/aromatic N) is 2. The third-order valence-corrected chi connectivity index (χ3v) is 2.54. The average molecular weight is 214 g/mol. The van der Waals surface area contributed by atoms with Crippen LogP contribution in [0.15, 0.2) is 12.3 Å². The molecule has 3 nitrogen and oxygen atoms in total. The maximum atomic E-state index is 13.3. The zero-order valence-electron chi connectivity index (χ0n) is 8.37. The minimum atomic E-state index is -0.817. The molecular formula is C10H12F2N2O. The van der Waals surface area contributed by atoms with Crippen molar-refractivity contribution in [1.29, 1.82) is 0 Å².